The van der Waals surface area contributed by atoms with Crippen LogP contribution in [-0.2, 0) is 9.59 Å². The van der Waals surface area contributed by atoms with Crippen LogP contribution >= 0.6 is 11.8 Å². The van der Waals surface area contributed by atoms with Crippen LogP contribution in [-0.4, -0.2) is 28.6 Å². The number of aryl methyl sites for hydroxylation is 1. The first-order valence-electron chi connectivity index (χ1n) is 8.62. The number of benzene rings is 1. The smallest absolute Gasteiger partial charge is 0.237 e. The Morgan fingerprint density at radius 3 is 2.71 bits per heavy atom. The van der Waals surface area contributed by atoms with E-state index >= 15 is 0 Å². The monoisotopic (exact) mass is 347 g/mol. The van der Waals surface area contributed by atoms with E-state index in [9.17, 15) is 9.59 Å². The molecule has 1 aromatic rings. The summed E-state index contributed by atoms with van der Waals surface area (Å²) in [5.41, 5.74) is 1.76. The summed E-state index contributed by atoms with van der Waals surface area (Å²) in [6.45, 7) is 3.88. The molecule has 3 rings (SSSR count). The second kappa shape index (κ2) is 7.57. The van der Waals surface area contributed by atoms with Crippen LogP contribution in [0, 0.1) is 12.8 Å². The number of hydrogen-bond donors (Lipinski definition) is 3. The van der Waals surface area contributed by atoms with Crippen molar-refractivity contribution < 1.29 is 9.59 Å². The van der Waals surface area contributed by atoms with Gasteiger partial charge in [0, 0.05) is 11.7 Å². The number of thioether (sulfide) groups is 1. The number of amides is 2. The van der Waals surface area contributed by atoms with E-state index in [0.717, 1.165) is 30.5 Å². The van der Waals surface area contributed by atoms with Gasteiger partial charge in [-0.05, 0) is 38.8 Å². The largest absolute Gasteiger partial charge is 0.331 e. The molecule has 24 heavy (non-hydrogen) atoms. The quantitative estimate of drug-likeness (QED) is 0.783. The second-order valence-corrected chi connectivity index (χ2v) is 8.14. The van der Waals surface area contributed by atoms with E-state index in [1.54, 1.807) is 0 Å². The molecule has 6 heteroatoms. The van der Waals surface area contributed by atoms with Crippen molar-refractivity contribution in [2.75, 3.05) is 5.32 Å². The maximum atomic E-state index is 12.4. The summed E-state index contributed by atoms with van der Waals surface area (Å²) >= 11 is 1.46. The summed E-state index contributed by atoms with van der Waals surface area (Å²) in [4.78, 5) is 24.6. The number of carbonyl (C=O) groups is 2. The van der Waals surface area contributed by atoms with Crippen LogP contribution in [0.2, 0.25) is 0 Å². The van der Waals surface area contributed by atoms with E-state index in [0.29, 0.717) is 0 Å². The first-order valence-corrected chi connectivity index (χ1v) is 9.56. The van der Waals surface area contributed by atoms with Crippen molar-refractivity contribution in [2.24, 2.45) is 5.92 Å². The summed E-state index contributed by atoms with van der Waals surface area (Å²) in [5.74, 6) is 0.167. The first-order chi connectivity index (χ1) is 11.5. The molecule has 1 saturated carbocycles. The first kappa shape index (κ1) is 17.3. The van der Waals surface area contributed by atoms with Crippen LogP contribution < -0.4 is 16.0 Å². The van der Waals surface area contributed by atoms with Gasteiger partial charge in [-0.15, -0.1) is 11.8 Å². The molecular weight excluding hydrogens is 322 g/mol. The van der Waals surface area contributed by atoms with Crippen LogP contribution in [0.25, 0.3) is 0 Å². The van der Waals surface area contributed by atoms with Gasteiger partial charge in [0.2, 0.25) is 11.8 Å². The van der Waals surface area contributed by atoms with Crippen molar-refractivity contribution in [2.45, 2.75) is 56.3 Å². The van der Waals surface area contributed by atoms with Crippen molar-refractivity contribution in [1.82, 2.24) is 10.6 Å². The molecule has 130 valence electrons. The third kappa shape index (κ3) is 4.11. The molecule has 0 radical (unpaired) electrons. The molecule has 1 aromatic carbocycles. The lowest BCUT2D eigenvalue weighted by Crippen LogP contribution is -2.61. The van der Waals surface area contributed by atoms with Crippen molar-refractivity contribution in [3.63, 3.8) is 0 Å². The van der Waals surface area contributed by atoms with Gasteiger partial charge < -0.3 is 10.6 Å². The fourth-order valence-electron chi connectivity index (χ4n) is 3.34. The highest BCUT2D eigenvalue weighted by molar-refractivity contribution is 8.01. The molecule has 0 bridgehead atoms. The molecule has 3 N–H and O–H groups in total. The Labute approximate surface area is 147 Å². The van der Waals surface area contributed by atoms with Crippen molar-refractivity contribution >= 4 is 29.3 Å². The normalized spacial score (nSPS) is 27.8. The average Bonchev–Trinajstić information content (AvgIpc) is 2.57. The lowest BCUT2D eigenvalue weighted by atomic mass is 9.83. The fraction of sp³-hybridized carbons (Fsp3) is 0.556. The Morgan fingerprint density at radius 1 is 1.25 bits per heavy atom. The molecule has 0 aromatic heterocycles. The summed E-state index contributed by atoms with van der Waals surface area (Å²) < 4.78 is 0. The number of rotatable bonds is 4. The maximum Gasteiger partial charge on any atom is 0.237 e. The van der Waals surface area contributed by atoms with Gasteiger partial charge in [0.1, 0.15) is 5.50 Å². The predicted octanol–water partition coefficient (Wildman–Crippen LogP) is 2.62. The van der Waals surface area contributed by atoms with Crippen molar-refractivity contribution in [3.8, 4) is 0 Å². The highest BCUT2D eigenvalue weighted by atomic mass is 32.2. The Morgan fingerprint density at radius 2 is 1.96 bits per heavy atom. The molecular formula is C18H25N3O2S. The minimum Gasteiger partial charge on any atom is -0.331 e. The zero-order valence-corrected chi connectivity index (χ0v) is 15.0. The Hall–Kier alpha value is -1.53. The molecule has 1 aliphatic carbocycles. The van der Waals surface area contributed by atoms with E-state index in [1.165, 1.54) is 18.2 Å². The van der Waals surface area contributed by atoms with Crippen LogP contribution in [0.15, 0.2) is 24.3 Å². The standard InChI is InChI=1S/C18H25N3O2S/c1-11-7-9-13(10-8-11)19-16(22)12(2)24-18-20-15-6-4-3-5-14(15)17(23)21-18/h7-10,12,14-15,18,20H,3-6H2,1-2H3,(H,19,22)(H,21,23). The third-order valence-electron chi connectivity index (χ3n) is 4.77. The van der Waals surface area contributed by atoms with E-state index in [4.69, 9.17) is 0 Å². The summed E-state index contributed by atoms with van der Waals surface area (Å²) in [6, 6.07) is 7.99. The lowest BCUT2D eigenvalue weighted by Gasteiger charge is -2.40. The number of hydrogen-bond acceptors (Lipinski definition) is 4. The molecule has 1 heterocycles. The molecule has 0 spiro atoms. The lowest BCUT2D eigenvalue weighted by molar-refractivity contribution is -0.129. The third-order valence-corrected chi connectivity index (χ3v) is 5.92. The number of carbonyl (C=O) groups excluding carboxylic acids is 2. The Bertz CT molecular complexity index is 605. The van der Waals surface area contributed by atoms with E-state index in [2.05, 4.69) is 16.0 Å². The van der Waals surface area contributed by atoms with Gasteiger partial charge in [-0.1, -0.05) is 30.5 Å². The highest BCUT2D eigenvalue weighted by Gasteiger charge is 2.38. The average molecular weight is 347 g/mol. The molecule has 4 unspecified atom stereocenters. The van der Waals surface area contributed by atoms with Gasteiger partial charge >= 0.3 is 0 Å². The van der Waals surface area contributed by atoms with Crippen molar-refractivity contribution in [3.05, 3.63) is 29.8 Å². The number of anilines is 1. The molecule has 5 nitrogen and oxygen atoms in total. The van der Waals surface area contributed by atoms with Gasteiger partial charge in [0.15, 0.2) is 0 Å². The zero-order chi connectivity index (χ0) is 17.1. The molecule has 1 aliphatic heterocycles. The summed E-state index contributed by atoms with van der Waals surface area (Å²) in [5, 5.41) is 9.17. The minimum absolute atomic E-state index is 0.0503. The van der Waals surface area contributed by atoms with E-state index in [-0.39, 0.29) is 34.5 Å². The predicted molar refractivity (Wildman–Crippen MR) is 97.7 cm³/mol. The Balaban J connectivity index is 1.54. The Kier molecular flexibility index (Phi) is 5.46. The SMILES string of the molecule is Cc1ccc(NC(=O)C(C)SC2NC(=O)C3CCCCC3N2)cc1. The minimum atomic E-state index is -0.260. The van der Waals surface area contributed by atoms with Crippen LogP contribution in [0.5, 0.6) is 0 Å². The molecule has 2 fully saturated rings. The number of nitrogens with one attached hydrogen (secondary N) is 3. The van der Waals surface area contributed by atoms with Crippen LogP contribution in [0.3, 0.4) is 0 Å². The van der Waals surface area contributed by atoms with E-state index in [1.807, 2.05) is 38.1 Å². The summed E-state index contributed by atoms with van der Waals surface area (Å²) in [7, 11) is 0. The maximum absolute atomic E-state index is 12.4. The van der Waals surface area contributed by atoms with Crippen LogP contribution in [0.4, 0.5) is 5.69 Å². The zero-order valence-electron chi connectivity index (χ0n) is 14.2. The molecule has 2 amide bonds. The van der Waals surface area contributed by atoms with Crippen molar-refractivity contribution in [1.29, 1.82) is 0 Å². The number of fused-ring (bicyclic) bond motifs is 1. The van der Waals surface area contributed by atoms with Gasteiger partial charge in [-0.25, -0.2) is 0 Å². The second-order valence-electron chi connectivity index (χ2n) is 6.69. The van der Waals surface area contributed by atoms with Crippen LogP contribution in [0.1, 0.15) is 38.2 Å². The summed E-state index contributed by atoms with van der Waals surface area (Å²) in [6.07, 6.45) is 4.30. The van der Waals surface area contributed by atoms with E-state index < -0.39 is 0 Å². The molecule has 4 atom stereocenters. The van der Waals surface area contributed by atoms with Gasteiger partial charge in [0.25, 0.3) is 0 Å². The van der Waals surface area contributed by atoms with Gasteiger partial charge in [0.05, 0.1) is 11.2 Å². The highest BCUT2D eigenvalue weighted by Crippen LogP contribution is 2.30. The van der Waals surface area contributed by atoms with Gasteiger partial charge in [-0.2, -0.15) is 0 Å². The topological polar surface area (TPSA) is 70.2 Å². The fourth-order valence-corrected chi connectivity index (χ4v) is 4.36. The van der Waals surface area contributed by atoms with Gasteiger partial charge in [-0.3, -0.25) is 14.9 Å². The molecule has 1 saturated heterocycles. The molecule has 2 aliphatic rings.